The molecule has 4 aromatic rings. The standard InChI is InChI=1S/C39H42N6O6/c1-3-43(26-40)33-15-14-32-35-28(33)10-6-13-31(35)38(49)44(39(32)50)20-18-41(2)16-7-17-42(22-24-51-25-23-46)19-21-45-36(47)29-11-4-8-27-9-5-12-30(34(27)29)37(45)48/h3-6,8-15,26,40,46H,1,7,16-25H2,2H3. The third kappa shape index (κ3) is 7.04. The fraction of sp³-hybridized carbons (Fsp3) is 0.308. The SMILES string of the molecule is C=CN(C=N)c1ccc2c3c(cccc13)C(=O)N(CCN(C)CCCN(CCOCCO)CCN1C(=O)c3cccc4cccc(c34)C1=O)C2=O. The molecule has 6 rings (SSSR count). The third-order valence-corrected chi connectivity index (χ3v) is 9.59. The van der Waals surface area contributed by atoms with Gasteiger partial charge >= 0.3 is 0 Å². The zero-order chi connectivity index (χ0) is 36.1. The van der Waals surface area contributed by atoms with Crippen molar-refractivity contribution >= 4 is 57.2 Å². The van der Waals surface area contributed by atoms with Crippen molar-refractivity contribution < 1.29 is 29.0 Å². The molecule has 4 amide bonds. The first kappa shape index (κ1) is 35.6. The average Bonchev–Trinajstić information content (AvgIpc) is 3.14. The van der Waals surface area contributed by atoms with Crippen LogP contribution in [-0.4, -0.2) is 127 Å². The van der Waals surface area contributed by atoms with Crippen LogP contribution in [0.5, 0.6) is 0 Å². The fourth-order valence-electron chi connectivity index (χ4n) is 6.95. The van der Waals surface area contributed by atoms with Gasteiger partial charge in [-0.3, -0.25) is 39.3 Å². The molecule has 0 saturated heterocycles. The Hall–Kier alpha value is -5.27. The summed E-state index contributed by atoms with van der Waals surface area (Å²) in [4.78, 5) is 62.4. The maximum atomic E-state index is 13.6. The van der Waals surface area contributed by atoms with E-state index in [0.29, 0.717) is 83.4 Å². The highest BCUT2D eigenvalue weighted by atomic mass is 16.5. The number of carbonyl (C=O) groups is 4. The minimum atomic E-state index is -0.349. The molecule has 2 heterocycles. The largest absolute Gasteiger partial charge is 0.394 e. The number of hydrogen-bond acceptors (Lipinski definition) is 9. The van der Waals surface area contributed by atoms with E-state index in [1.807, 2.05) is 37.4 Å². The molecule has 4 aromatic carbocycles. The Bertz CT molecular complexity index is 1930. The molecule has 264 valence electrons. The van der Waals surface area contributed by atoms with Crippen LogP contribution in [0.3, 0.4) is 0 Å². The van der Waals surface area contributed by atoms with Gasteiger partial charge in [0.15, 0.2) is 0 Å². The molecule has 12 nitrogen and oxygen atoms in total. The van der Waals surface area contributed by atoms with Crippen LogP contribution in [-0.2, 0) is 4.74 Å². The first-order chi connectivity index (χ1) is 24.8. The Morgan fingerprint density at radius 3 is 1.92 bits per heavy atom. The molecule has 2 aliphatic heterocycles. The zero-order valence-electron chi connectivity index (χ0n) is 28.7. The number of likely N-dealkylation sites (N-methyl/N-ethyl adjacent to an activating group) is 1. The Kier molecular flexibility index (Phi) is 11.0. The summed E-state index contributed by atoms with van der Waals surface area (Å²) in [6, 6.07) is 19.8. The van der Waals surface area contributed by atoms with Gasteiger partial charge in [-0.25, -0.2) is 0 Å². The first-order valence-electron chi connectivity index (χ1n) is 17.1. The highest BCUT2D eigenvalue weighted by Gasteiger charge is 2.34. The van der Waals surface area contributed by atoms with Gasteiger partial charge in [0.05, 0.1) is 31.8 Å². The Morgan fingerprint density at radius 1 is 0.725 bits per heavy atom. The molecule has 0 aliphatic carbocycles. The van der Waals surface area contributed by atoms with Crippen molar-refractivity contribution in [3.8, 4) is 0 Å². The van der Waals surface area contributed by atoms with Crippen LogP contribution in [0.2, 0.25) is 0 Å². The van der Waals surface area contributed by atoms with Gasteiger partial charge in [-0.05, 0) is 62.3 Å². The number of aliphatic hydroxyl groups excluding tert-OH is 1. The van der Waals surface area contributed by atoms with Crippen molar-refractivity contribution in [2.45, 2.75) is 6.42 Å². The fourth-order valence-corrected chi connectivity index (χ4v) is 6.95. The summed E-state index contributed by atoms with van der Waals surface area (Å²) in [5, 5.41) is 19.7. The molecule has 0 unspecified atom stereocenters. The molecule has 51 heavy (non-hydrogen) atoms. The number of nitrogens with zero attached hydrogens (tertiary/aromatic N) is 5. The number of hydrogen-bond donors (Lipinski definition) is 2. The lowest BCUT2D eigenvalue weighted by Gasteiger charge is -2.31. The lowest BCUT2D eigenvalue weighted by molar-refractivity contribution is 0.0551. The summed E-state index contributed by atoms with van der Waals surface area (Å²) in [6.45, 7) is 7.56. The van der Waals surface area contributed by atoms with Crippen LogP contribution in [0.1, 0.15) is 47.9 Å². The molecule has 2 aliphatic rings. The minimum Gasteiger partial charge on any atom is -0.394 e. The molecule has 0 atom stereocenters. The number of amides is 4. The van der Waals surface area contributed by atoms with Crippen LogP contribution in [0.15, 0.2) is 79.5 Å². The molecule has 0 spiro atoms. The van der Waals surface area contributed by atoms with E-state index in [-0.39, 0.29) is 49.9 Å². The smallest absolute Gasteiger partial charge is 0.261 e. The predicted molar refractivity (Wildman–Crippen MR) is 197 cm³/mol. The maximum Gasteiger partial charge on any atom is 0.261 e. The number of nitrogens with one attached hydrogen (secondary N) is 1. The molecular formula is C39H42N6O6. The third-order valence-electron chi connectivity index (χ3n) is 9.59. The van der Waals surface area contributed by atoms with Crippen molar-refractivity contribution in [2.24, 2.45) is 0 Å². The number of aliphatic hydroxyl groups is 1. The Morgan fingerprint density at radius 2 is 1.31 bits per heavy atom. The van der Waals surface area contributed by atoms with Crippen LogP contribution in [0, 0.1) is 5.41 Å². The first-order valence-corrected chi connectivity index (χ1v) is 17.1. The van der Waals surface area contributed by atoms with Crippen molar-refractivity contribution in [1.29, 1.82) is 5.41 Å². The van der Waals surface area contributed by atoms with Crippen LogP contribution >= 0.6 is 0 Å². The summed E-state index contributed by atoms with van der Waals surface area (Å²) in [5.41, 5.74) is 2.62. The van der Waals surface area contributed by atoms with Crippen molar-refractivity contribution in [1.82, 2.24) is 19.6 Å². The van der Waals surface area contributed by atoms with E-state index in [0.717, 1.165) is 18.1 Å². The van der Waals surface area contributed by atoms with Crippen LogP contribution in [0.4, 0.5) is 5.69 Å². The van der Waals surface area contributed by atoms with E-state index in [1.165, 1.54) is 20.9 Å². The molecule has 2 N–H and O–H groups in total. The maximum absolute atomic E-state index is 13.6. The number of rotatable bonds is 18. The lowest BCUT2D eigenvalue weighted by atomic mass is 9.92. The molecule has 0 fully saturated rings. The van der Waals surface area contributed by atoms with Gasteiger partial charge in [0.25, 0.3) is 23.6 Å². The Balaban J connectivity index is 1.06. The van der Waals surface area contributed by atoms with E-state index < -0.39 is 0 Å². The predicted octanol–water partition coefficient (Wildman–Crippen LogP) is 4.07. The molecule has 0 saturated carbocycles. The molecule has 0 aromatic heterocycles. The second-order valence-electron chi connectivity index (χ2n) is 12.6. The van der Waals surface area contributed by atoms with Gasteiger partial charge in [-0.2, -0.15) is 0 Å². The van der Waals surface area contributed by atoms with Crippen molar-refractivity contribution in [3.63, 3.8) is 0 Å². The van der Waals surface area contributed by atoms with Gasteiger partial charge in [0, 0.05) is 77.3 Å². The summed E-state index contributed by atoms with van der Waals surface area (Å²) < 4.78 is 5.53. The van der Waals surface area contributed by atoms with Gasteiger partial charge in [-0.15, -0.1) is 0 Å². The van der Waals surface area contributed by atoms with E-state index in [4.69, 9.17) is 15.3 Å². The van der Waals surface area contributed by atoms with E-state index in [2.05, 4.69) is 16.4 Å². The molecule has 12 heteroatoms. The second-order valence-corrected chi connectivity index (χ2v) is 12.6. The summed E-state index contributed by atoms with van der Waals surface area (Å²) in [7, 11) is 1.94. The second kappa shape index (κ2) is 15.7. The summed E-state index contributed by atoms with van der Waals surface area (Å²) >= 11 is 0. The normalized spacial score (nSPS) is 14.0. The van der Waals surface area contributed by atoms with Gasteiger partial charge in [-0.1, -0.05) is 43.0 Å². The van der Waals surface area contributed by atoms with Gasteiger partial charge in [0.1, 0.15) is 0 Å². The summed E-state index contributed by atoms with van der Waals surface area (Å²) in [5.74, 6) is -1.30. The van der Waals surface area contributed by atoms with Gasteiger partial charge < -0.3 is 19.6 Å². The van der Waals surface area contributed by atoms with Crippen molar-refractivity contribution in [2.75, 3.05) is 77.6 Å². The van der Waals surface area contributed by atoms with E-state index in [1.54, 1.807) is 36.4 Å². The number of benzene rings is 4. The van der Waals surface area contributed by atoms with Crippen LogP contribution in [0.25, 0.3) is 21.5 Å². The minimum absolute atomic E-state index is 0.0744. The van der Waals surface area contributed by atoms with E-state index in [9.17, 15) is 19.2 Å². The summed E-state index contributed by atoms with van der Waals surface area (Å²) in [6.07, 6.45) is 3.39. The highest BCUT2D eigenvalue weighted by Crippen LogP contribution is 2.36. The number of anilines is 1. The molecular weight excluding hydrogens is 648 g/mol. The number of ether oxygens (including phenoxy) is 1. The molecule has 0 radical (unpaired) electrons. The topological polar surface area (TPSA) is 138 Å². The van der Waals surface area contributed by atoms with Gasteiger partial charge in [0.2, 0.25) is 0 Å². The zero-order valence-corrected chi connectivity index (χ0v) is 28.7. The average molecular weight is 691 g/mol. The highest BCUT2D eigenvalue weighted by molar-refractivity contribution is 6.27. The lowest BCUT2D eigenvalue weighted by Crippen LogP contribution is -2.45. The van der Waals surface area contributed by atoms with E-state index >= 15 is 0 Å². The Labute approximate surface area is 296 Å². The number of carbonyl (C=O) groups excluding carboxylic acids is 4. The van der Waals surface area contributed by atoms with Crippen molar-refractivity contribution in [3.05, 3.63) is 102 Å². The van der Waals surface area contributed by atoms with Crippen LogP contribution < -0.4 is 4.90 Å². The molecule has 0 bridgehead atoms. The monoisotopic (exact) mass is 690 g/mol. The number of imide groups is 2. The quantitative estimate of drug-likeness (QED) is 0.0685.